The normalized spacial score (nSPS) is 14.5. The molecule has 11 nitrogen and oxygen atoms in total. The number of para-hydroxylation sites is 1. The molecule has 1 aliphatic heterocycles. The maximum absolute atomic E-state index is 14.1. The number of ketones is 1. The van der Waals surface area contributed by atoms with E-state index in [1.54, 1.807) is 55.5 Å². The van der Waals surface area contributed by atoms with E-state index >= 15 is 0 Å². The summed E-state index contributed by atoms with van der Waals surface area (Å²) >= 11 is 0. The summed E-state index contributed by atoms with van der Waals surface area (Å²) < 4.78 is 78.0. The van der Waals surface area contributed by atoms with Crippen molar-refractivity contribution in [2.45, 2.75) is 32.2 Å². The fourth-order valence-electron chi connectivity index (χ4n) is 5.67. The number of nitrogens with two attached hydrogens (primary N) is 1. The zero-order valence-electron chi connectivity index (χ0n) is 26.0. The van der Waals surface area contributed by atoms with E-state index in [1.807, 2.05) is 0 Å². The van der Waals surface area contributed by atoms with Gasteiger partial charge < -0.3 is 25.5 Å². The molecule has 0 spiro atoms. The van der Waals surface area contributed by atoms with Gasteiger partial charge >= 0.3 is 0 Å². The number of hydrogen-bond donors (Lipinski definition) is 3. The van der Waals surface area contributed by atoms with Crippen LogP contribution in [0.1, 0.15) is 34.5 Å². The number of alkyl halides is 2. The number of sulfonamides is 1. The second kappa shape index (κ2) is 13.2. The molecule has 1 saturated heterocycles. The van der Waals surface area contributed by atoms with Gasteiger partial charge in [-0.25, -0.2) is 30.6 Å². The van der Waals surface area contributed by atoms with Gasteiger partial charge in [0.1, 0.15) is 23.9 Å². The number of nitrogen functional groups attached to an aromatic ring is 1. The Morgan fingerprint density at radius 1 is 1.10 bits per heavy atom. The van der Waals surface area contributed by atoms with Crippen molar-refractivity contribution in [1.29, 1.82) is 0 Å². The quantitative estimate of drug-likeness (QED) is 0.147. The maximum atomic E-state index is 14.1. The molecule has 48 heavy (non-hydrogen) atoms. The van der Waals surface area contributed by atoms with Crippen molar-refractivity contribution in [1.82, 2.24) is 19.1 Å². The average Bonchev–Trinajstić information content (AvgIpc) is 3.63. The van der Waals surface area contributed by atoms with Gasteiger partial charge in [0.25, 0.3) is 6.43 Å². The first-order valence-corrected chi connectivity index (χ1v) is 16.9. The predicted molar refractivity (Wildman–Crippen MR) is 175 cm³/mol. The van der Waals surface area contributed by atoms with Crippen molar-refractivity contribution in [2.75, 3.05) is 37.0 Å². The van der Waals surface area contributed by atoms with E-state index in [1.165, 1.54) is 33.6 Å². The van der Waals surface area contributed by atoms with Crippen molar-refractivity contribution >= 4 is 38.2 Å². The Morgan fingerprint density at radius 2 is 1.85 bits per heavy atom. The Balaban J connectivity index is 1.24. The smallest absolute Gasteiger partial charge is 0.272 e. The molecule has 5 aromatic rings. The van der Waals surface area contributed by atoms with Gasteiger partial charge in [-0.2, -0.15) is 5.10 Å². The van der Waals surface area contributed by atoms with Crippen LogP contribution in [0, 0.1) is 12.7 Å². The number of aromatic nitrogens is 3. The third-order valence-corrected chi connectivity index (χ3v) is 9.43. The molecule has 1 fully saturated rings. The van der Waals surface area contributed by atoms with Crippen molar-refractivity contribution in [3.8, 4) is 22.9 Å². The number of hydrogen-bond acceptors (Lipinski definition) is 8. The van der Waals surface area contributed by atoms with Crippen LogP contribution in [0.4, 0.5) is 24.7 Å². The summed E-state index contributed by atoms with van der Waals surface area (Å²) in [4.78, 5) is 16.7. The van der Waals surface area contributed by atoms with Crippen molar-refractivity contribution in [3.05, 3.63) is 89.5 Å². The molecule has 3 heterocycles. The molecule has 0 radical (unpaired) electrons. The van der Waals surface area contributed by atoms with Crippen LogP contribution in [0.15, 0.2) is 66.9 Å². The van der Waals surface area contributed by atoms with Gasteiger partial charge in [-0.05, 0) is 73.9 Å². The van der Waals surface area contributed by atoms with Crippen molar-refractivity contribution in [3.63, 3.8) is 0 Å². The van der Waals surface area contributed by atoms with Crippen LogP contribution < -0.4 is 20.5 Å². The number of benzene rings is 3. The molecular formula is C33H33F3N6O5S. The van der Waals surface area contributed by atoms with Gasteiger partial charge in [0.05, 0.1) is 35.1 Å². The van der Waals surface area contributed by atoms with Crippen LogP contribution in [0.3, 0.4) is 0 Å². The maximum Gasteiger partial charge on any atom is 0.272 e. The van der Waals surface area contributed by atoms with Gasteiger partial charge in [0.15, 0.2) is 11.6 Å². The van der Waals surface area contributed by atoms with Gasteiger partial charge in [-0.1, -0.05) is 12.1 Å². The molecule has 0 saturated carbocycles. The summed E-state index contributed by atoms with van der Waals surface area (Å²) in [5.74, 6) is -0.173. The van der Waals surface area contributed by atoms with Gasteiger partial charge in [-0.15, -0.1) is 0 Å². The minimum atomic E-state index is -3.31. The first-order chi connectivity index (χ1) is 22.9. The molecule has 0 amide bonds. The van der Waals surface area contributed by atoms with Crippen LogP contribution in [-0.2, 0) is 10.0 Å². The molecule has 0 bridgehead atoms. The van der Waals surface area contributed by atoms with E-state index in [0.717, 1.165) is 0 Å². The first-order valence-electron chi connectivity index (χ1n) is 15.1. The summed E-state index contributed by atoms with van der Waals surface area (Å²) in [6.07, 6.45) is 0.849. The largest absolute Gasteiger partial charge is 0.485 e. The highest BCUT2D eigenvalue weighted by atomic mass is 32.2. The Morgan fingerprint density at radius 3 is 2.54 bits per heavy atom. The molecule has 2 aromatic heterocycles. The van der Waals surface area contributed by atoms with Crippen molar-refractivity contribution < 1.29 is 35.9 Å². The average molecular weight is 683 g/mol. The summed E-state index contributed by atoms with van der Waals surface area (Å²) in [5, 5.41) is 8.20. The van der Waals surface area contributed by atoms with E-state index in [2.05, 4.69) is 15.4 Å². The highest BCUT2D eigenvalue weighted by molar-refractivity contribution is 7.88. The third-order valence-electron chi connectivity index (χ3n) is 8.12. The van der Waals surface area contributed by atoms with Crippen LogP contribution >= 0.6 is 0 Å². The number of carbonyl (C=O) groups excluding carboxylic acids is 1. The monoisotopic (exact) mass is 682 g/mol. The number of anilines is 2. The minimum Gasteiger partial charge on any atom is -0.485 e. The minimum absolute atomic E-state index is 0.0833. The zero-order valence-corrected chi connectivity index (χ0v) is 26.9. The number of aryl methyl sites for hydroxylation is 1. The highest BCUT2D eigenvalue weighted by Crippen LogP contribution is 2.34. The van der Waals surface area contributed by atoms with Gasteiger partial charge in [0, 0.05) is 30.0 Å². The number of nitrogens with one attached hydrogen (secondary N) is 2. The highest BCUT2D eigenvalue weighted by Gasteiger charge is 2.26. The van der Waals surface area contributed by atoms with E-state index < -0.39 is 34.7 Å². The first kappa shape index (κ1) is 32.9. The van der Waals surface area contributed by atoms with Crippen LogP contribution in [0.25, 0.3) is 16.6 Å². The SMILES string of the molecule is Cc1cc(Oc2ccccc2F)ccc1-n1ncc(C(=O)c2cc3cc(OCC(F)F)c(NC4CCN(S(C)(=O)=O)CC4)cc3[nH]2)c1N. The second-order valence-corrected chi connectivity index (χ2v) is 13.5. The lowest BCUT2D eigenvalue weighted by Gasteiger charge is -2.31. The predicted octanol–water partition coefficient (Wildman–Crippen LogP) is 5.89. The molecular weight excluding hydrogens is 649 g/mol. The molecule has 4 N–H and O–H groups in total. The summed E-state index contributed by atoms with van der Waals surface area (Å²) in [7, 11) is -3.31. The number of rotatable bonds is 11. The van der Waals surface area contributed by atoms with Crippen LogP contribution in [0.2, 0.25) is 0 Å². The second-order valence-electron chi connectivity index (χ2n) is 11.6. The Hall–Kier alpha value is -5.02. The van der Waals surface area contributed by atoms with E-state index in [-0.39, 0.29) is 34.6 Å². The number of fused-ring (bicyclic) bond motifs is 1. The summed E-state index contributed by atoms with van der Waals surface area (Å²) in [6, 6.07) is 15.8. The Kier molecular flexibility index (Phi) is 9.07. The number of halogens is 3. The van der Waals surface area contributed by atoms with Crippen molar-refractivity contribution in [2.24, 2.45) is 0 Å². The zero-order chi connectivity index (χ0) is 34.2. The van der Waals surface area contributed by atoms with E-state index in [9.17, 15) is 26.4 Å². The Bertz CT molecular complexity index is 2090. The number of nitrogens with zero attached hydrogens (tertiary/aromatic N) is 3. The van der Waals surface area contributed by atoms with E-state index in [4.69, 9.17) is 15.2 Å². The summed E-state index contributed by atoms with van der Waals surface area (Å²) in [5.41, 5.74) is 9.03. The molecule has 1 aliphatic rings. The number of carbonyl (C=O) groups is 1. The molecule has 15 heteroatoms. The standard InChI is InChI=1S/C33H33F3N6O5S/c1-19-13-22(47-29-6-4-3-5-24(29)34)7-8-28(19)42-33(37)23(17-38-42)32(43)27-14-20-15-30(46-18-31(35)36)26(16-25(20)40-27)39-21-9-11-41(12-10-21)48(2,44)45/h3-8,13-17,21,31,39-40H,9-12,18,37H2,1-2H3. The van der Waals surface area contributed by atoms with Gasteiger partial charge in [0.2, 0.25) is 15.8 Å². The molecule has 3 aromatic carbocycles. The topological polar surface area (TPSA) is 145 Å². The third kappa shape index (κ3) is 6.96. The lowest BCUT2D eigenvalue weighted by atomic mass is 10.1. The number of aromatic amines is 1. The van der Waals surface area contributed by atoms with Gasteiger partial charge in [-0.3, -0.25) is 4.79 Å². The number of piperidine rings is 1. The van der Waals surface area contributed by atoms with E-state index in [0.29, 0.717) is 59.5 Å². The molecule has 0 aliphatic carbocycles. The van der Waals surface area contributed by atoms with Crippen LogP contribution in [-0.4, -0.2) is 71.7 Å². The number of ether oxygens (including phenoxy) is 2. The fourth-order valence-corrected chi connectivity index (χ4v) is 6.55. The molecule has 6 rings (SSSR count). The van der Waals surface area contributed by atoms with Crippen LogP contribution in [0.5, 0.6) is 17.2 Å². The molecule has 0 atom stereocenters. The molecule has 0 unspecified atom stereocenters. The Labute approximate surface area is 274 Å². The number of H-pyrrole nitrogens is 1. The fraction of sp³-hybridized carbons (Fsp3) is 0.273. The lowest BCUT2D eigenvalue weighted by Crippen LogP contribution is -2.41. The lowest BCUT2D eigenvalue weighted by molar-refractivity contribution is 0.0823. The summed E-state index contributed by atoms with van der Waals surface area (Å²) in [6.45, 7) is 1.63. The molecule has 252 valence electrons.